The molecular weight excluding hydrogens is 382 g/mol. The first-order valence-corrected chi connectivity index (χ1v) is 8.89. The van der Waals surface area contributed by atoms with Crippen LogP contribution in [0.4, 0.5) is 0 Å². The zero-order valence-electron chi connectivity index (χ0n) is 15.4. The van der Waals surface area contributed by atoms with Crippen molar-refractivity contribution in [3.8, 4) is 0 Å². The summed E-state index contributed by atoms with van der Waals surface area (Å²) in [4.78, 5) is 49.1. The number of aromatic nitrogens is 5. The average Bonchev–Trinajstić information content (AvgIpc) is 3.33. The lowest BCUT2D eigenvalue weighted by atomic mass is 10.3. The number of carbonyl (C=O) groups excluding carboxylic acids is 2. The van der Waals surface area contributed by atoms with Crippen LogP contribution in [0.2, 0.25) is 0 Å². The second-order valence-electron chi connectivity index (χ2n) is 5.67. The number of carbonyl (C=O) groups is 2. The monoisotopic (exact) mass is 399 g/mol. The minimum Gasteiger partial charge on any atom is -0.342 e. The fourth-order valence-electron chi connectivity index (χ4n) is 2.36. The first-order chi connectivity index (χ1) is 13.4. The number of imidazole rings is 1. The summed E-state index contributed by atoms with van der Waals surface area (Å²) in [5.74, 6) is -0.693. The second kappa shape index (κ2) is 8.00. The Morgan fingerprint density at radius 2 is 2.04 bits per heavy atom. The number of nitrogens with one attached hydrogen (secondary N) is 2. The van der Waals surface area contributed by atoms with Gasteiger partial charge in [-0.15, -0.1) is 11.3 Å². The molecule has 0 spiro atoms. The number of amides is 2. The molecule has 0 saturated heterocycles. The van der Waals surface area contributed by atoms with E-state index in [2.05, 4.69) is 47.3 Å². The quantitative estimate of drug-likeness (QED) is 0.490. The molecule has 0 saturated carbocycles. The molecule has 2 N–H and O–H groups in total. The molecule has 11 nitrogen and oxygen atoms in total. The van der Waals surface area contributed by atoms with Crippen molar-refractivity contribution in [3.63, 3.8) is 0 Å². The first kappa shape index (κ1) is 19.2. The molecule has 3 aromatic rings. The number of nitrogens with zero attached hydrogens (tertiary/aromatic N) is 7. The maximum absolute atomic E-state index is 12.6. The van der Waals surface area contributed by atoms with Gasteiger partial charge in [-0.25, -0.2) is 24.9 Å². The van der Waals surface area contributed by atoms with Crippen molar-refractivity contribution in [2.75, 3.05) is 7.05 Å². The highest BCUT2D eigenvalue weighted by Crippen LogP contribution is 2.21. The Bertz CT molecular complexity index is 1080. The molecule has 0 aliphatic carbocycles. The van der Waals surface area contributed by atoms with Crippen molar-refractivity contribution in [2.45, 2.75) is 13.0 Å². The van der Waals surface area contributed by atoms with Crippen LogP contribution in [0.3, 0.4) is 0 Å². The van der Waals surface area contributed by atoms with Gasteiger partial charge in [-0.05, 0) is 13.6 Å². The smallest absolute Gasteiger partial charge is 0.272 e. The number of aryl methyl sites for hydroxylation is 1. The standard InChI is InChI=1S/C16H17N9O2S/c1-8(15-19-5-9(28-15)13(26)24-16(17-2)18-3)23-14(27)11-10-12(21-6-20-11)25(4)7-22-10/h5-8H,2H2,1,3-4H3,(H,23,27)(H,18,24,26). The van der Waals surface area contributed by atoms with E-state index >= 15 is 0 Å². The van der Waals surface area contributed by atoms with Gasteiger partial charge in [-0.1, -0.05) is 0 Å². The van der Waals surface area contributed by atoms with Gasteiger partial charge in [-0.2, -0.15) is 0 Å². The van der Waals surface area contributed by atoms with E-state index in [0.717, 1.165) is 11.3 Å². The maximum atomic E-state index is 12.6. The van der Waals surface area contributed by atoms with Crippen LogP contribution in [0.1, 0.15) is 38.1 Å². The van der Waals surface area contributed by atoms with Gasteiger partial charge < -0.3 is 9.88 Å². The van der Waals surface area contributed by atoms with Gasteiger partial charge in [0.2, 0.25) is 5.96 Å². The highest BCUT2D eigenvalue weighted by Gasteiger charge is 2.21. The predicted molar refractivity (Wildman–Crippen MR) is 105 cm³/mol. The minimum absolute atomic E-state index is 0.115. The van der Waals surface area contributed by atoms with Crippen molar-refractivity contribution in [1.29, 1.82) is 0 Å². The second-order valence-corrected chi connectivity index (χ2v) is 6.73. The molecule has 2 amide bonds. The summed E-state index contributed by atoms with van der Waals surface area (Å²) in [6, 6.07) is -0.440. The van der Waals surface area contributed by atoms with E-state index in [1.54, 1.807) is 24.9 Å². The molecule has 3 rings (SSSR count). The van der Waals surface area contributed by atoms with Crippen LogP contribution in [0.25, 0.3) is 11.2 Å². The molecule has 0 fully saturated rings. The molecule has 1 unspecified atom stereocenters. The van der Waals surface area contributed by atoms with E-state index in [4.69, 9.17) is 0 Å². The van der Waals surface area contributed by atoms with E-state index in [0.29, 0.717) is 21.0 Å². The van der Waals surface area contributed by atoms with Gasteiger partial charge in [0.25, 0.3) is 11.8 Å². The van der Waals surface area contributed by atoms with Crippen molar-refractivity contribution < 1.29 is 9.59 Å². The highest BCUT2D eigenvalue weighted by atomic mass is 32.1. The van der Waals surface area contributed by atoms with Gasteiger partial charge in [0, 0.05) is 14.1 Å². The van der Waals surface area contributed by atoms with Gasteiger partial charge in [0.05, 0.1) is 18.6 Å². The molecular formula is C16H17N9O2S. The fraction of sp³-hybridized carbons (Fsp3) is 0.250. The molecule has 0 aliphatic heterocycles. The number of hydrogen-bond donors (Lipinski definition) is 2. The molecule has 1 atom stereocenters. The Morgan fingerprint density at radius 3 is 2.75 bits per heavy atom. The van der Waals surface area contributed by atoms with Gasteiger partial charge >= 0.3 is 0 Å². The highest BCUT2D eigenvalue weighted by molar-refractivity contribution is 7.13. The first-order valence-electron chi connectivity index (χ1n) is 8.08. The minimum atomic E-state index is -0.440. The molecule has 0 aliphatic rings. The Labute approximate surface area is 163 Å². The largest absolute Gasteiger partial charge is 0.342 e. The van der Waals surface area contributed by atoms with Crippen molar-refractivity contribution in [1.82, 2.24) is 35.1 Å². The summed E-state index contributed by atoms with van der Waals surface area (Å²) < 4.78 is 1.70. The number of guanidine groups is 1. The fourth-order valence-corrected chi connectivity index (χ4v) is 3.18. The SMILES string of the molecule is C=NC(=NC)NC(=O)c1cnc(C(C)NC(=O)c2ncnc3c2ncn3C)s1. The normalized spacial score (nSPS) is 12.6. The Kier molecular flexibility index (Phi) is 5.49. The third kappa shape index (κ3) is 3.76. The molecule has 28 heavy (non-hydrogen) atoms. The third-order valence-corrected chi connectivity index (χ3v) is 4.94. The number of thiazole rings is 1. The number of aliphatic imine (C=N–C) groups is 2. The topological polar surface area (TPSA) is 139 Å². The Balaban J connectivity index is 1.73. The zero-order valence-corrected chi connectivity index (χ0v) is 16.2. The van der Waals surface area contributed by atoms with Crippen molar-refractivity contribution in [2.24, 2.45) is 17.0 Å². The third-order valence-electron chi connectivity index (χ3n) is 3.76. The molecule has 0 aromatic carbocycles. The van der Waals surface area contributed by atoms with Crippen molar-refractivity contribution in [3.05, 3.63) is 34.4 Å². The van der Waals surface area contributed by atoms with E-state index in [1.807, 2.05) is 0 Å². The summed E-state index contributed by atoms with van der Waals surface area (Å²) in [5, 5.41) is 5.89. The lowest BCUT2D eigenvalue weighted by molar-refractivity contribution is 0.0935. The lowest BCUT2D eigenvalue weighted by Gasteiger charge is -2.10. The van der Waals surface area contributed by atoms with E-state index in [1.165, 1.54) is 19.6 Å². The number of fused-ring (bicyclic) bond motifs is 1. The summed E-state index contributed by atoms with van der Waals surface area (Å²) in [5.41, 5.74) is 1.15. The molecule has 12 heteroatoms. The van der Waals surface area contributed by atoms with Crippen molar-refractivity contribution >= 4 is 47.0 Å². The predicted octanol–water partition coefficient (Wildman–Crippen LogP) is 0.727. The lowest BCUT2D eigenvalue weighted by Crippen LogP contribution is -2.28. The molecule has 3 heterocycles. The summed E-state index contributed by atoms with van der Waals surface area (Å²) in [6.07, 6.45) is 4.31. The van der Waals surface area contributed by atoms with E-state index in [9.17, 15) is 9.59 Å². The summed E-state index contributed by atoms with van der Waals surface area (Å²) >= 11 is 1.15. The average molecular weight is 399 g/mol. The molecule has 144 valence electrons. The number of rotatable bonds is 4. The van der Waals surface area contributed by atoms with Crippen LogP contribution in [0, 0.1) is 0 Å². The van der Waals surface area contributed by atoms with Gasteiger partial charge in [0.1, 0.15) is 21.7 Å². The van der Waals surface area contributed by atoms with Gasteiger partial charge in [-0.3, -0.25) is 19.9 Å². The Morgan fingerprint density at radius 1 is 1.25 bits per heavy atom. The van der Waals surface area contributed by atoms with Crippen LogP contribution in [0.15, 0.2) is 28.8 Å². The van der Waals surface area contributed by atoms with Crippen LogP contribution in [-0.2, 0) is 7.05 Å². The Hall–Kier alpha value is -3.54. The maximum Gasteiger partial charge on any atom is 0.272 e. The molecule has 3 aromatic heterocycles. The van der Waals surface area contributed by atoms with Gasteiger partial charge in [0.15, 0.2) is 11.3 Å². The molecule has 0 radical (unpaired) electrons. The summed E-state index contributed by atoms with van der Waals surface area (Å²) in [6.45, 7) is 5.09. The van der Waals surface area contributed by atoms with Crippen LogP contribution in [-0.4, -0.2) is 56.0 Å². The molecule has 0 bridgehead atoms. The number of hydrogen-bond acceptors (Lipinski definition) is 8. The summed E-state index contributed by atoms with van der Waals surface area (Å²) in [7, 11) is 3.27. The van der Waals surface area contributed by atoms with Crippen LogP contribution in [0.5, 0.6) is 0 Å². The zero-order chi connectivity index (χ0) is 20.3. The van der Waals surface area contributed by atoms with Crippen LogP contribution < -0.4 is 10.6 Å². The van der Waals surface area contributed by atoms with Crippen LogP contribution >= 0.6 is 11.3 Å². The van der Waals surface area contributed by atoms with E-state index in [-0.39, 0.29) is 11.7 Å². The van der Waals surface area contributed by atoms with E-state index < -0.39 is 17.9 Å².